The van der Waals surface area contributed by atoms with Gasteiger partial charge in [-0.2, -0.15) is 0 Å². The second-order valence-corrected chi connectivity index (χ2v) is 6.36. The summed E-state index contributed by atoms with van der Waals surface area (Å²) in [5.41, 5.74) is 1.96. The molecule has 0 unspecified atom stereocenters. The van der Waals surface area contributed by atoms with E-state index in [9.17, 15) is 4.79 Å². The number of hydrogen-bond acceptors (Lipinski definition) is 4. The Labute approximate surface area is 110 Å². The van der Waals surface area contributed by atoms with E-state index in [1.807, 2.05) is 0 Å². The van der Waals surface area contributed by atoms with E-state index in [1.165, 1.54) is 0 Å². The summed E-state index contributed by atoms with van der Waals surface area (Å²) in [6, 6.07) is 0. The van der Waals surface area contributed by atoms with Crippen molar-refractivity contribution in [1.82, 2.24) is 10.3 Å². The standard InChI is InChI=1S/C13H27N3O2/c1-12(2)9-16(10-13(3,4)18-12)8-6-5-7-11(17)15-14/h5-10,14H2,1-4H3,(H,15,17). The number of nitrogens with one attached hydrogen (secondary N) is 1. The van der Waals surface area contributed by atoms with E-state index in [4.69, 9.17) is 10.6 Å². The Morgan fingerprint density at radius 3 is 2.28 bits per heavy atom. The Kier molecular flexibility index (Phi) is 5.13. The van der Waals surface area contributed by atoms with Crippen LogP contribution in [0, 0.1) is 0 Å². The number of rotatable bonds is 5. The average molecular weight is 257 g/mol. The van der Waals surface area contributed by atoms with Crippen LogP contribution >= 0.6 is 0 Å². The van der Waals surface area contributed by atoms with Crippen molar-refractivity contribution in [3.63, 3.8) is 0 Å². The maximum Gasteiger partial charge on any atom is 0.233 e. The number of morpholine rings is 1. The summed E-state index contributed by atoms with van der Waals surface area (Å²) < 4.78 is 6.03. The van der Waals surface area contributed by atoms with E-state index in [-0.39, 0.29) is 17.1 Å². The maximum absolute atomic E-state index is 11.0. The summed E-state index contributed by atoms with van der Waals surface area (Å²) in [7, 11) is 0. The van der Waals surface area contributed by atoms with E-state index < -0.39 is 0 Å². The number of nitrogens with zero attached hydrogens (tertiary/aromatic N) is 1. The zero-order valence-electron chi connectivity index (χ0n) is 12.1. The Morgan fingerprint density at radius 1 is 1.22 bits per heavy atom. The topological polar surface area (TPSA) is 67.6 Å². The van der Waals surface area contributed by atoms with Gasteiger partial charge >= 0.3 is 0 Å². The first kappa shape index (κ1) is 15.4. The fraction of sp³-hybridized carbons (Fsp3) is 0.923. The molecular formula is C13H27N3O2. The molecule has 1 aliphatic heterocycles. The van der Waals surface area contributed by atoms with Gasteiger partial charge in [0.2, 0.25) is 5.91 Å². The molecule has 5 heteroatoms. The fourth-order valence-electron chi connectivity index (χ4n) is 2.80. The van der Waals surface area contributed by atoms with Gasteiger partial charge in [0.25, 0.3) is 0 Å². The second kappa shape index (κ2) is 5.99. The fourth-order valence-corrected chi connectivity index (χ4v) is 2.80. The van der Waals surface area contributed by atoms with Crippen molar-refractivity contribution >= 4 is 5.91 Å². The minimum Gasteiger partial charge on any atom is -0.367 e. The van der Waals surface area contributed by atoms with Crippen LogP contribution in [0.3, 0.4) is 0 Å². The van der Waals surface area contributed by atoms with Gasteiger partial charge in [0.1, 0.15) is 0 Å². The SMILES string of the molecule is CC1(C)CN(CCCCC(=O)NN)CC(C)(C)O1. The predicted octanol–water partition coefficient (Wildman–Crippen LogP) is 1.04. The predicted molar refractivity (Wildman–Crippen MR) is 71.9 cm³/mol. The highest BCUT2D eigenvalue weighted by atomic mass is 16.5. The molecule has 0 aromatic carbocycles. The van der Waals surface area contributed by atoms with Crippen LogP contribution in [0.25, 0.3) is 0 Å². The number of hydrazine groups is 1. The number of amides is 1. The summed E-state index contributed by atoms with van der Waals surface area (Å²) in [6.07, 6.45) is 2.40. The zero-order chi connectivity index (χ0) is 13.8. The molecule has 0 bridgehead atoms. The Balaban J connectivity index is 2.31. The largest absolute Gasteiger partial charge is 0.367 e. The van der Waals surface area contributed by atoms with Crippen LogP contribution in [0.1, 0.15) is 47.0 Å². The van der Waals surface area contributed by atoms with Crippen LogP contribution in [0.2, 0.25) is 0 Å². The molecule has 1 heterocycles. The quantitative estimate of drug-likeness (QED) is 0.334. The van der Waals surface area contributed by atoms with Gasteiger partial charge in [-0.3, -0.25) is 15.1 Å². The van der Waals surface area contributed by atoms with Crippen molar-refractivity contribution in [2.75, 3.05) is 19.6 Å². The van der Waals surface area contributed by atoms with Gasteiger partial charge in [0.05, 0.1) is 11.2 Å². The lowest BCUT2D eigenvalue weighted by molar-refractivity contribution is -0.180. The average Bonchev–Trinajstić information content (AvgIpc) is 2.19. The Hall–Kier alpha value is -0.650. The highest BCUT2D eigenvalue weighted by Gasteiger charge is 2.37. The van der Waals surface area contributed by atoms with Gasteiger partial charge in [-0.15, -0.1) is 0 Å². The van der Waals surface area contributed by atoms with Crippen molar-refractivity contribution in [1.29, 1.82) is 0 Å². The summed E-state index contributed by atoms with van der Waals surface area (Å²) in [6.45, 7) is 11.4. The normalized spacial score (nSPS) is 22.7. The Morgan fingerprint density at radius 2 is 1.78 bits per heavy atom. The second-order valence-electron chi connectivity index (χ2n) is 6.36. The number of nitrogens with two attached hydrogens (primary N) is 1. The molecule has 0 aromatic heterocycles. The molecule has 3 N–H and O–H groups in total. The molecule has 1 aliphatic rings. The van der Waals surface area contributed by atoms with Crippen molar-refractivity contribution in [2.24, 2.45) is 5.84 Å². The highest BCUT2D eigenvalue weighted by molar-refractivity contribution is 5.75. The molecule has 0 saturated carbocycles. The number of hydrogen-bond donors (Lipinski definition) is 2. The van der Waals surface area contributed by atoms with Crippen LogP contribution in [0.15, 0.2) is 0 Å². The first-order chi connectivity index (χ1) is 8.24. The van der Waals surface area contributed by atoms with E-state index in [1.54, 1.807) is 0 Å². The lowest BCUT2D eigenvalue weighted by atomic mass is 9.98. The Bertz CT molecular complexity index is 274. The smallest absolute Gasteiger partial charge is 0.233 e. The van der Waals surface area contributed by atoms with E-state index in [2.05, 4.69) is 38.0 Å². The van der Waals surface area contributed by atoms with Crippen molar-refractivity contribution in [2.45, 2.75) is 58.2 Å². The molecule has 106 valence electrons. The zero-order valence-corrected chi connectivity index (χ0v) is 12.1. The molecule has 0 spiro atoms. The molecule has 1 rings (SSSR count). The van der Waals surface area contributed by atoms with Crippen LogP contribution < -0.4 is 11.3 Å². The van der Waals surface area contributed by atoms with Crippen molar-refractivity contribution in [3.05, 3.63) is 0 Å². The molecule has 5 nitrogen and oxygen atoms in total. The summed E-state index contributed by atoms with van der Waals surface area (Å²) in [5, 5.41) is 0. The third kappa shape index (κ3) is 5.33. The monoisotopic (exact) mass is 257 g/mol. The van der Waals surface area contributed by atoms with Crippen LogP contribution in [0.4, 0.5) is 0 Å². The summed E-state index contributed by atoms with van der Waals surface area (Å²) >= 11 is 0. The molecule has 1 saturated heterocycles. The highest BCUT2D eigenvalue weighted by Crippen LogP contribution is 2.28. The molecule has 0 atom stereocenters. The summed E-state index contributed by atoms with van der Waals surface area (Å²) in [5.74, 6) is 4.96. The molecule has 0 aromatic rings. The van der Waals surface area contributed by atoms with Gasteiger partial charge in [-0.25, -0.2) is 5.84 Å². The van der Waals surface area contributed by atoms with E-state index >= 15 is 0 Å². The van der Waals surface area contributed by atoms with Crippen LogP contribution in [-0.2, 0) is 9.53 Å². The third-order valence-corrected chi connectivity index (χ3v) is 3.05. The van der Waals surface area contributed by atoms with Crippen LogP contribution in [-0.4, -0.2) is 41.6 Å². The number of unbranched alkanes of at least 4 members (excludes halogenated alkanes) is 1. The molecule has 18 heavy (non-hydrogen) atoms. The maximum atomic E-state index is 11.0. The lowest BCUT2D eigenvalue weighted by Crippen LogP contribution is -2.57. The van der Waals surface area contributed by atoms with Gasteiger partial charge in [0.15, 0.2) is 0 Å². The molecular weight excluding hydrogens is 230 g/mol. The van der Waals surface area contributed by atoms with Crippen molar-refractivity contribution < 1.29 is 9.53 Å². The first-order valence-corrected chi connectivity index (χ1v) is 6.66. The molecule has 1 fully saturated rings. The van der Waals surface area contributed by atoms with Gasteiger partial charge < -0.3 is 4.74 Å². The van der Waals surface area contributed by atoms with Gasteiger partial charge in [0, 0.05) is 19.5 Å². The van der Waals surface area contributed by atoms with Gasteiger partial charge in [-0.05, 0) is 47.1 Å². The number of carbonyl (C=O) groups excluding carboxylic acids is 1. The van der Waals surface area contributed by atoms with E-state index in [0.717, 1.165) is 32.5 Å². The van der Waals surface area contributed by atoms with Crippen LogP contribution in [0.5, 0.6) is 0 Å². The number of ether oxygens (including phenoxy) is 1. The van der Waals surface area contributed by atoms with Crippen molar-refractivity contribution in [3.8, 4) is 0 Å². The lowest BCUT2D eigenvalue weighted by Gasteiger charge is -2.47. The molecule has 0 aliphatic carbocycles. The molecule has 0 radical (unpaired) electrons. The minimum absolute atomic E-state index is 0.0855. The molecule has 1 amide bonds. The summed E-state index contributed by atoms with van der Waals surface area (Å²) in [4.78, 5) is 13.4. The third-order valence-electron chi connectivity index (χ3n) is 3.05. The number of carbonyl (C=O) groups is 1. The first-order valence-electron chi connectivity index (χ1n) is 6.66. The van der Waals surface area contributed by atoms with Gasteiger partial charge in [-0.1, -0.05) is 0 Å². The minimum atomic E-state index is -0.101. The van der Waals surface area contributed by atoms with E-state index in [0.29, 0.717) is 6.42 Å².